The molecular formula is C54H102NO7+. The number of quaternary nitrogens is 1. The van der Waals surface area contributed by atoms with Crippen molar-refractivity contribution in [2.24, 2.45) is 0 Å². The zero-order valence-corrected chi connectivity index (χ0v) is 41.6. The minimum atomic E-state index is -0.874. The van der Waals surface area contributed by atoms with E-state index in [2.05, 4.69) is 38.2 Å². The Balaban J connectivity index is 4.22. The van der Waals surface area contributed by atoms with Crippen molar-refractivity contribution in [1.82, 2.24) is 0 Å². The molecular weight excluding hydrogens is 775 g/mol. The molecule has 0 radical (unpaired) electrons. The molecule has 0 aliphatic rings. The quantitative estimate of drug-likeness (QED) is 0.0281. The van der Waals surface area contributed by atoms with E-state index >= 15 is 0 Å². The van der Waals surface area contributed by atoms with Gasteiger partial charge in [-0.05, 0) is 38.5 Å². The van der Waals surface area contributed by atoms with E-state index < -0.39 is 18.1 Å². The van der Waals surface area contributed by atoms with E-state index in [1.165, 1.54) is 161 Å². The fraction of sp³-hybridized carbons (Fsp3) is 0.870. The summed E-state index contributed by atoms with van der Waals surface area (Å²) in [6.07, 6.45) is 52.3. The Bertz CT molecular complexity index is 1070. The van der Waals surface area contributed by atoms with Crippen molar-refractivity contribution in [3.05, 3.63) is 24.3 Å². The molecule has 1 N–H and O–H groups in total. The molecule has 2 atom stereocenters. The summed E-state index contributed by atoms with van der Waals surface area (Å²) in [7, 11) is 5.54. The largest absolute Gasteiger partial charge is 0.477 e. The molecule has 62 heavy (non-hydrogen) atoms. The minimum Gasteiger partial charge on any atom is -0.477 e. The lowest BCUT2D eigenvalue weighted by Crippen LogP contribution is -2.50. The fourth-order valence-corrected chi connectivity index (χ4v) is 8.03. The highest BCUT2D eigenvalue weighted by molar-refractivity contribution is 5.72. The maximum absolute atomic E-state index is 12.8. The summed E-state index contributed by atoms with van der Waals surface area (Å²) in [6.45, 7) is 4.76. The van der Waals surface area contributed by atoms with Crippen LogP contribution in [0.4, 0.5) is 0 Å². The molecule has 0 aromatic carbocycles. The maximum Gasteiger partial charge on any atom is 0.362 e. The van der Waals surface area contributed by atoms with Gasteiger partial charge in [-0.2, -0.15) is 0 Å². The highest BCUT2D eigenvalue weighted by Crippen LogP contribution is 2.16. The number of rotatable bonds is 48. The molecule has 0 amide bonds. The number of carboxylic acids is 1. The highest BCUT2D eigenvalue weighted by atomic mass is 16.6. The summed E-state index contributed by atoms with van der Waals surface area (Å²) in [5, 5.41) is 9.65. The summed E-state index contributed by atoms with van der Waals surface area (Å²) in [5.41, 5.74) is 0. The molecule has 0 aliphatic carbocycles. The number of allylic oxidation sites excluding steroid dienone is 4. The lowest BCUT2D eigenvalue weighted by molar-refractivity contribution is -0.887. The molecule has 0 aliphatic heterocycles. The molecule has 0 saturated heterocycles. The highest BCUT2D eigenvalue weighted by Gasteiger charge is 2.31. The first-order chi connectivity index (χ1) is 30.1. The Hall–Kier alpha value is -2.19. The molecule has 8 heteroatoms. The van der Waals surface area contributed by atoms with Crippen LogP contribution in [0.2, 0.25) is 0 Å². The van der Waals surface area contributed by atoms with E-state index in [-0.39, 0.29) is 36.2 Å². The lowest BCUT2D eigenvalue weighted by Gasteiger charge is -2.31. The van der Waals surface area contributed by atoms with Gasteiger partial charge in [-0.3, -0.25) is 9.59 Å². The molecule has 0 fully saturated rings. The maximum atomic E-state index is 12.8. The second-order valence-electron chi connectivity index (χ2n) is 19.2. The molecule has 0 bridgehead atoms. The van der Waals surface area contributed by atoms with Crippen LogP contribution in [-0.2, 0) is 28.6 Å². The third-order valence-corrected chi connectivity index (χ3v) is 12.1. The topological polar surface area (TPSA) is 99.1 Å². The monoisotopic (exact) mass is 877 g/mol. The number of likely N-dealkylation sites (N-methyl/N-ethyl adjacent to an activating group) is 1. The number of hydrogen-bond acceptors (Lipinski definition) is 6. The van der Waals surface area contributed by atoms with Gasteiger partial charge in [0, 0.05) is 19.3 Å². The normalized spacial score (nSPS) is 13.0. The van der Waals surface area contributed by atoms with Gasteiger partial charge in [-0.25, -0.2) is 4.79 Å². The number of nitrogens with zero attached hydrogens (tertiary/aromatic N) is 1. The average molecular weight is 877 g/mol. The first kappa shape index (κ1) is 59.8. The molecule has 2 unspecified atom stereocenters. The van der Waals surface area contributed by atoms with Gasteiger partial charge >= 0.3 is 17.9 Å². The minimum absolute atomic E-state index is 0.0523. The van der Waals surface area contributed by atoms with Crippen molar-refractivity contribution < 1.29 is 38.2 Å². The zero-order valence-electron chi connectivity index (χ0n) is 41.6. The zero-order chi connectivity index (χ0) is 45.6. The number of carbonyl (C=O) groups is 3. The molecule has 0 aromatic heterocycles. The third kappa shape index (κ3) is 43.1. The summed E-state index contributed by atoms with van der Waals surface area (Å²) in [6, 6.07) is -0.615. The van der Waals surface area contributed by atoms with E-state index in [4.69, 9.17) is 14.2 Å². The molecule has 0 saturated carbocycles. The van der Waals surface area contributed by atoms with Crippen LogP contribution >= 0.6 is 0 Å². The Morgan fingerprint density at radius 1 is 0.484 bits per heavy atom. The van der Waals surface area contributed by atoms with Crippen molar-refractivity contribution in [3.8, 4) is 0 Å². The van der Waals surface area contributed by atoms with E-state index in [0.717, 1.165) is 57.8 Å². The van der Waals surface area contributed by atoms with Gasteiger partial charge < -0.3 is 23.8 Å². The van der Waals surface area contributed by atoms with Crippen LogP contribution in [0.3, 0.4) is 0 Å². The second-order valence-corrected chi connectivity index (χ2v) is 19.2. The Morgan fingerprint density at radius 3 is 1.21 bits per heavy atom. The van der Waals surface area contributed by atoms with Crippen LogP contribution < -0.4 is 0 Å². The predicted molar refractivity (Wildman–Crippen MR) is 262 cm³/mol. The van der Waals surface area contributed by atoms with Gasteiger partial charge in [0.15, 0.2) is 12.1 Å². The Kier molecular flexibility index (Phi) is 43.8. The van der Waals surface area contributed by atoms with Crippen molar-refractivity contribution in [2.75, 3.05) is 41.0 Å². The molecule has 0 spiro atoms. The van der Waals surface area contributed by atoms with Gasteiger partial charge in [-0.15, -0.1) is 0 Å². The SMILES string of the molecule is CCCCCCCCC/C=C/C=C/CCCCCCCC(=O)OC(COCCC(C(=O)O)[N+](C)(C)C)COC(=O)CCCCCCCCCCCCCCCCCCCCCC. The van der Waals surface area contributed by atoms with Crippen LogP contribution in [0.15, 0.2) is 24.3 Å². The number of carbonyl (C=O) groups excluding carboxylic acids is 2. The first-order valence-corrected chi connectivity index (χ1v) is 26.4. The Labute approximate surface area is 383 Å². The van der Waals surface area contributed by atoms with E-state index in [0.29, 0.717) is 19.3 Å². The third-order valence-electron chi connectivity index (χ3n) is 12.1. The van der Waals surface area contributed by atoms with Crippen molar-refractivity contribution in [3.63, 3.8) is 0 Å². The fourth-order valence-electron chi connectivity index (χ4n) is 8.03. The van der Waals surface area contributed by atoms with Crippen molar-refractivity contribution in [2.45, 2.75) is 264 Å². The van der Waals surface area contributed by atoms with Gasteiger partial charge in [0.2, 0.25) is 0 Å². The van der Waals surface area contributed by atoms with Crippen LogP contribution in [0.25, 0.3) is 0 Å². The standard InChI is InChI=1S/C54H101NO7/c1-6-8-10-12-14-16-18-20-22-24-26-27-29-30-32-34-36-38-40-42-44-52(56)61-49-50(48-60-47-46-51(54(58)59)55(3,4)5)62-53(57)45-43-41-39-37-35-33-31-28-25-23-21-19-17-15-13-11-9-7-2/h23,25,28,31,50-51H,6-22,24,26-27,29-30,32-49H2,1-5H3/p+1/b25-23+,31-28+. The molecule has 0 aromatic rings. The first-order valence-electron chi connectivity index (χ1n) is 26.4. The van der Waals surface area contributed by atoms with Crippen molar-refractivity contribution in [1.29, 1.82) is 0 Å². The Morgan fingerprint density at radius 2 is 0.839 bits per heavy atom. The van der Waals surface area contributed by atoms with E-state index in [9.17, 15) is 19.5 Å². The second kappa shape index (κ2) is 45.4. The van der Waals surface area contributed by atoms with Gasteiger partial charge in [0.1, 0.15) is 6.61 Å². The summed E-state index contributed by atoms with van der Waals surface area (Å²) >= 11 is 0. The molecule has 0 rings (SSSR count). The van der Waals surface area contributed by atoms with Crippen LogP contribution in [0.1, 0.15) is 251 Å². The van der Waals surface area contributed by atoms with Crippen LogP contribution in [0, 0.1) is 0 Å². The summed E-state index contributed by atoms with van der Waals surface area (Å²) in [5.74, 6) is -1.47. The predicted octanol–water partition coefficient (Wildman–Crippen LogP) is 15.2. The molecule has 0 heterocycles. The van der Waals surface area contributed by atoms with Gasteiger partial charge in [0.25, 0.3) is 0 Å². The smallest absolute Gasteiger partial charge is 0.362 e. The van der Waals surface area contributed by atoms with Gasteiger partial charge in [-0.1, -0.05) is 218 Å². The van der Waals surface area contributed by atoms with Crippen molar-refractivity contribution >= 4 is 17.9 Å². The number of unbranched alkanes of at least 4 members (excludes halogenated alkanes) is 31. The molecule has 8 nitrogen and oxygen atoms in total. The van der Waals surface area contributed by atoms with Gasteiger partial charge in [0.05, 0.1) is 34.4 Å². The number of esters is 2. The number of carboxylic acid groups (broad SMARTS) is 1. The van der Waals surface area contributed by atoms with E-state index in [1.807, 2.05) is 21.1 Å². The summed E-state index contributed by atoms with van der Waals surface area (Å²) < 4.78 is 17.4. The lowest BCUT2D eigenvalue weighted by atomic mass is 10.0. The summed E-state index contributed by atoms with van der Waals surface area (Å²) in [4.78, 5) is 37.2. The number of ether oxygens (including phenoxy) is 3. The number of aliphatic carboxylic acids is 1. The van der Waals surface area contributed by atoms with E-state index in [1.54, 1.807) is 0 Å². The number of hydrogen-bond donors (Lipinski definition) is 1. The van der Waals surface area contributed by atoms with Crippen LogP contribution in [-0.4, -0.2) is 80.6 Å². The van der Waals surface area contributed by atoms with Crippen LogP contribution in [0.5, 0.6) is 0 Å². The average Bonchev–Trinajstić information content (AvgIpc) is 3.23. The molecule has 364 valence electrons.